The summed E-state index contributed by atoms with van der Waals surface area (Å²) >= 11 is 0. The first kappa shape index (κ1) is 22.4. The quantitative estimate of drug-likeness (QED) is 0.431. The number of hydrogen-bond donors (Lipinski definition) is 2. The van der Waals surface area contributed by atoms with Gasteiger partial charge in [0.2, 0.25) is 0 Å². The predicted molar refractivity (Wildman–Crippen MR) is 80.6 cm³/mol. The van der Waals surface area contributed by atoms with E-state index >= 15 is 0 Å². The van der Waals surface area contributed by atoms with Crippen LogP contribution in [0, 0.1) is 0 Å². The van der Waals surface area contributed by atoms with Crippen molar-refractivity contribution in [3.63, 3.8) is 0 Å². The maximum Gasteiger partial charge on any atom is 0.442 e. The van der Waals surface area contributed by atoms with Gasteiger partial charge in [-0.15, -0.1) is 0 Å². The monoisotopic (exact) mass is 402 g/mol. The molecular weight excluding hydrogens is 386 g/mol. The van der Waals surface area contributed by atoms with Crippen molar-refractivity contribution < 1.29 is 45.4 Å². The molecule has 2 N–H and O–H groups in total. The number of rotatable bonds is 6. The molecule has 1 aromatic carbocycles. The third kappa shape index (κ3) is 5.41. The summed E-state index contributed by atoms with van der Waals surface area (Å²) in [5.41, 5.74) is -5.85. The molecule has 0 aliphatic carbocycles. The fraction of sp³-hybridized carbons (Fsp3) is 0.467. The predicted octanol–water partition coefficient (Wildman–Crippen LogP) is 3.69. The van der Waals surface area contributed by atoms with Crippen molar-refractivity contribution in [1.82, 2.24) is 5.32 Å². The fourth-order valence-corrected chi connectivity index (χ4v) is 1.94. The molecule has 12 heteroatoms. The number of alkyl halides is 6. The number of esters is 1. The Labute approximate surface area is 149 Å². The second kappa shape index (κ2) is 8.35. The van der Waals surface area contributed by atoms with Crippen LogP contribution in [-0.4, -0.2) is 37.1 Å². The van der Waals surface area contributed by atoms with Crippen molar-refractivity contribution in [3.8, 4) is 0 Å². The van der Waals surface area contributed by atoms with Crippen LogP contribution in [0.3, 0.4) is 0 Å². The van der Waals surface area contributed by atoms with Crippen LogP contribution in [0.15, 0.2) is 24.3 Å². The van der Waals surface area contributed by atoms with Gasteiger partial charge in [0, 0.05) is 5.69 Å². The number of alkyl carbamates (subject to hydrolysis) is 1. The van der Waals surface area contributed by atoms with E-state index in [9.17, 15) is 35.9 Å². The number of amides is 1. The van der Waals surface area contributed by atoms with Gasteiger partial charge < -0.3 is 14.8 Å². The molecular formula is C15H16F6N2O4. The normalized spacial score (nSPS) is 14.1. The lowest BCUT2D eigenvalue weighted by atomic mass is 10.1. The van der Waals surface area contributed by atoms with Crippen LogP contribution >= 0.6 is 0 Å². The van der Waals surface area contributed by atoms with E-state index in [4.69, 9.17) is 0 Å². The highest BCUT2D eigenvalue weighted by molar-refractivity contribution is 5.89. The Kier molecular flexibility index (Phi) is 6.93. The van der Waals surface area contributed by atoms with Gasteiger partial charge in [-0.2, -0.15) is 26.3 Å². The Balaban J connectivity index is 3.43. The summed E-state index contributed by atoms with van der Waals surface area (Å²) in [6.07, 6.45) is -11.9. The van der Waals surface area contributed by atoms with Gasteiger partial charge >= 0.3 is 30.1 Å². The van der Waals surface area contributed by atoms with Gasteiger partial charge in [-0.05, 0) is 32.0 Å². The molecule has 0 spiro atoms. The molecule has 0 heterocycles. The zero-order chi connectivity index (χ0) is 20.9. The SMILES string of the molecule is CCOC(=O)NC(Nc1cccc(C(F)(F)F)c1)(C(=O)OCC)C(F)(F)F. The first-order valence-corrected chi connectivity index (χ1v) is 7.51. The number of carbonyl (C=O) groups excluding carboxylic acids is 2. The van der Waals surface area contributed by atoms with Gasteiger partial charge in [0.1, 0.15) is 0 Å². The molecule has 1 atom stereocenters. The molecule has 1 unspecified atom stereocenters. The molecule has 0 aromatic heterocycles. The van der Waals surface area contributed by atoms with Gasteiger partial charge in [0.15, 0.2) is 0 Å². The average Bonchev–Trinajstić information content (AvgIpc) is 2.53. The molecule has 0 radical (unpaired) electrons. The lowest BCUT2D eigenvalue weighted by molar-refractivity contribution is -0.205. The number of ether oxygens (including phenoxy) is 2. The highest BCUT2D eigenvalue weighted by atomic mass is 19.4. The zero-order valence-corrected chi connectivity index (χ0v) is 14.1. The molecule has 0 saturated carbocycles. The molecule has 0 saturated heterocycles. The van der Waals surface area contributed by atoms with Crippen LogP contribution in [0.25, 0.3) is 0 Å². The number of halogens is 6. The Morgan fingerprint density at radius 3 is 2.07 bits per heavy atom. The van der Waals surface area contributed by atoms with Crippen molar-refractivity contribution in [1.29, 1.82) is 0 Å². The largest absolute Gasteiger partial charge is 0.463 e. The summed E-state index contributed by atoms with van der Waals surface area (Å²) in [6, 6.07) is 2.68. The molecule has 0 bridgehead atoms. The second-order valence-electron chi connectivity index (χ2n) is 5.02. The number of carbonyl (C=O) groups is 2. The minimum atomic E-state index is -5.49. The lowest BCUT2D eigenvalue weighted by Gasteiger charge is -2.35. The minimum absolute atomic E-state index is 0.313. The highest BCUT2D eigenvalue weighted by Crippen LogP contribution is 2.35. The third-order valence-electron chi connectivity index (χ3n) is 3.09. The summed E-state index contributed by atoms with van der Waals surface area (Å²) in [5, 5.41) is 2.92. The van der Waals surface area contributed by atoms with Crippen LogP contribution in [0.2, 0.25) is 0 Å². The fourth-order valence-electron chi connectivity index (χ4n) is 1.94. The van der Waals surface area contributed by atoms with E-state index in [1.165, 1.54) is 19.2 Å². The smallest absolute Gasteiger partial charge is 0.442 e. The van der Waals surface area contributed by atoms with Crippen molar-refractivity contribution in [2.75, 3.05) is 18.5 Å². The molecule has 1 rings (SSSR count). The maximum absolute atomic E-state index is 13.7. The summed E-state index contributed by atoms with van der Waals surface area (Å²) in [6.45, 7) is 1.73. The third-order valence-corrected chi connectivity index (χ3v) is 3.09. The molecule has 0 fully saturated rings. The Bertz CT molecular complexity index is 677. The molecule has 0 aliphatic rings. The summed E-state index contributed by atoms with van der Waals surface area (Å²) in [7, 11) is 0. The second-order valence-corrected chi connectivity index (χ2v) is 5.02. The first-order chi connectivity index (χ1) is 12.4. The van der Waals surface area contributed by atoms with E-state index in [2.05, 4.69) is 9.47 Å². The van der Waals surface area contributed by atoms with Crippen molar-refractivity contribution in [2.45, 2.75) is 31.9 Å². The lowest BCUT2D eigenvalue weighted by Crippen LogP contribution is -2.69. The topological polar surface area (TPSA) is 76.7 Å². The summed E-state index contributed by atoms with van der Waals surface area (Å²) in [5.74, 6) is -1.97. The van der Waals surface area contributed by atoms with Gasteiger partial charge in [-0.25, -0.2) is 9.59 Å². The number of hydrogen-bond acceptors (Lipinski definition) is 5. The number of nitrogens with one attached hydrogen (secondary N) is 2. The molecule has 0 aliphatic heterocycles. The Hall–Kier alpha value is -2.66. The molecule has 1 amide bonds. The maximum atomic E-state index is 13.7. The number of anilines is 1. The van der Waals surface area contributed by atoms with Crippen LogP contribution in [-0.2, 0) is 20.4 Å². The van der Waals surface area contributed by atoms with E-state index in [0.717, 1.165) is 12.1 Å². The minimum Gasteiger partial charge on any atom is -0.463 e. The molecule has 152 valence electrons. The molecule has 6 nitrogen and oxygen atoms in total. The number of benzene rings is 1. The van der Waals surface area contributed by atoms with Crippen molar-refractivity contribution in [2.24, 2.45) is 0 Å². The average molecular weight is 402 g/mol. The Morgan fingerprint density at radius 2 is 1.59 bits per heavy atom. The van der Waals surface area contributed by atoms with E-state index in [-0.39, 0.29) is 6.61 Å². The van der Waals surface area contributed by atoms with E-state index in [0.29, 0.717) is 12.1 Å². The van der Waals surface area contributed by atoms with Crippen molar-refractivity contribution >= 4 is 17.7 Å². The molecule has 1 aromatic rings. The van der Waals surface area contributed by atoms with Gasteiger partial charge in [-0.3, -0.25) is 5.32 Å². The van der Waals surface area contributed by atoms with Gasteiger partial charge in [0.05, 0.1) is 18.8 Å². The van der Waals surface area contributed by atoms with Crippen LogP contribution in [0.1, 0.15) is 19.4 Å². The summed E-state index contributed by atoms with van der Waals surface area (Å²) in [4.78, 5) is 23.6. The first-order valence-electron chi connectivity index (χ1n) is 7.51. The highest BCUT2D eigenvalue weighted by Gasteiger charge is 2.64. The van der Waals surface area contributed by atoms with E-state index in [1.807, 2.05) is 0 Å². The summed E-state index contributed by atoms with van der Waals surface area (Å²) < 4.78 is 88.2. The van der Waals surface area contributed by atoms with Crippen LogP contribution in [0.5, 0.6) is 0 Å². The van der Waals surface area contributed by atoms with E-state index in [1.54, 1.807) is 5.32 Å². The van der Waals surface area contributed by atoms with Gasteiger partial charge in [0.25, 0.3) is 0 Å². The zero-order valence-electron chi connectivity index (χ0n) is 14.1. The standard InChI is InChI=1S/C15H16F6N2O4/c1-3-26-11(24)13(15(19,20)21,23-12(25)27-4-2)22-10-7-5-6-9(8-10)14(16,17)18/h5-8,22H,3-4H2,1-2H3,(H,23,25). The van der Waals surface area contributed by atoms with Crippen LogP contribution < -0.4 is 10.6 Å². The van der Waals surface area contributed by atoms with E-state index < -0.39 is 47.9 Å². The van der Waals surface area contributed by atoms with Gasteiger partial charge in [-0.1, -0.05) is 6.07 Å². The van der Waals surface area contributed by atoms with Crippen molar-refractivity contribution in [3.05, 3.63) is 29.8 Å². The Morgan fingerprint density at radius 1 is 1.00 bits per heavy atom. The molecule has 27 heavy (non-hydrogen) atoms. The van der Waals surface area contributed by atoms with Crippen LogP contribution in [0.4, 0.5) is 36.8 Å².